The van der Waals surface area contributed by atoms with Crippen molar-refractivity contribution < 1.29 is 13.2 Å². The second kappa shape index (κ2) is 8.97. The van der Waals surface area contributed by atoms with E-state index in [9.17, 15) is 13.2 Å². The number of amides is 1. The fourth-order valence-corrected chi connectivity index (χ4v) is 7.04. The van der Waals surface area contributed by atoms with E-state index in [1.807, 2.05) is 6.07 Å². The minimum atomic E-state index is -3.52. The van der Waals surface area contributed by atoms with Gasteiger partial charge >= 0.3 is 0 Å². The maximum Gasteiger partial charge on any atom is 0.252 e. The molecule has 9 heteroatoms. The van der Waals surface area contributed by atoms with Gasteiger partial charge in [-0.05, 0) is 36.6 Å². The van der Waals surface area contributed by atoms with Gasteiger partial charge in [-0.2, -0.15) is 9.40 Å². The van der Waals surface area contributed by atoms with Gasteiger partial charge in [0.2, 0.25) is 5.91 Å². The van der Waals surface area contributed by atoms with Crippen molar-refractivity contribution in [2.24, 2.45) is 11.8 Å². The van der Waals surface area contributed by atoms with Crippen LogP contribution in [0, 0.1) is 11.8 Å². The largest absolute Gasteiger partial charge is 0.309 e. The summed E-state index contributed by atoms with van der Waals surface area (Å²) in [4.78, 5) is 12.7. The average Bonchev–Trinajstić information content (AvgIpc) is 3.42. The number of nitrogens with zero attached hydrogens (tertiary/aromatic N) is 2. The van der Waals surface area contributed by atoms with Crippen LogP contribution in [0.4, 0.5) is 5.82 Å². The number of sulfonamides is 1. The van der Waals surface area contributed by atoms with Gasteiger partial charge in [0.25, 0.3) is 10.0 Å². The van der Waals surface area contributed by atoms with E-state index >= 15 is 0 Å². The van der Waals surface area contributed by atoms with Gasteiger partial charge in [-0.25, -0.2) is 8.42 Å². The number of carbonyl (C=O) groups excluding carboxylic acids is 1. The zero-order valence-corrected chi connectivity index (χ0v) is 18.1. The van der Waals surface area contributed by atoms with Crippen molar-refractivity contribution in [1.29, 1.82) is 0 Å². The van der Waals surface area contributed by atoms with Crippen molar-refractivity contribution in [3.8, 4) is 0 Å². The highest BCUT2D eigenvalue weighted by molar-refractivity contribution is 7.91. The van der Waals surface area contributed by atoms with E-state index in [1.165, 1.54) is 47.7 Å². The van der Waals surface area contributed by atoms with Crippen LogP contribution in [0.25, 0.3) is 0 Å². The van der Waals surface area contributed by atoms with Gasteiger partial charge in [-0.15, -0.1) is 11.3 Å². The Bertz CT molecular complexity index is 917. The summed E-state index contributed by atoms with van der Waals surface area (Å²) < 4.78 is 27.3. The lowest BCUT2D eigenvalue weighted by Crippen LogP contribution is -2.43. The monoisotopic (exact) mass is 436 g/mol. The van der Waals surface area contributed by atoms with Crippen LogP contribution in [0.1, 0.15) is 50.6 Å². The third kappa shape index (κ3) is 4.90. The minimum Gasteiger partial charge on any atom is -0.309 e. The van der Waals surface area contributed by atoms with Crippen molar-refractivity contribution in [2.45, 2.75) is 55.6 Å². The zero-order valence-electron chi connectivity index (χ0n) is 16.5. The Labute approximate surface area is 175 Å². The Morgan fingerprint density at radius 3 is 2.83 bits per heavy atom. The fourth-order valence-electron chi connectivity index (χ4n) is 4.37. The number of rotatable bonds is 6. The normalized spacial score (nSPS) is 21.9. The number of thiophene rings is 1. The molecule has 29 heavy (non-hydrogen) atoms. The number of aromatic nitrogens is 2. The molecule has 1 aliphatic carbocycles. The van der Waals surface area contributed by atoms with E-state index in [1.54, 1.807) is 17.5 Å². The average molecular weight is 437 g/mol. The maximum atomic E-state index is 12.8. The van der Waals surface area contributed by atoms with Crippen molar-refractivity contribution in [3.63, 3.8) is 0 Å². The Balaban J connectivity index is 1.35. The molecule has 1 amide bonds. The number of anilines is 1. The molecular weight excluding hydrogens is 408 g/mol. The summed E-state index contributed by atoms with van der Waals surface area (Å²) in [5, 5.41) is 11.9. The van der Waals surface area contributed by atoms with E-state index in [-0.39, 0.29) is 18.4 Å². The summed E-state index contributed by atoms with van der Waals surface area (Å²) in [5.41, 5.74) is 1.05. The molecule has 2 aromatic heterocycles. The summed E-state index contributed by atoms with van der Waals surface area (Å²) in [5.74, 6) is 0.699. The van der Waals surface area contributed by atoms with Gasteiger partial charge in [0.15, 0.2) is 5.82 Å². The number of aromatic amines is 1. The molecule has 2 N–H and O–H groups in total. The summed E-state index contributed by atoms with van der Waals surface area (Å²) in [6.45, 7) is 0.670. The molecule has 158 valence electrons. The van der Waals surface area contributed by atoms with E-state index in [4.69, 9.17) is 0 Å². The topological polar surface area (TPSA) is 95.2 Å². The molecule has 1 unspecified atom stereocenters. The summed E-state index contributed by atoms with van der Waals surface area (Å²) in [6.07, 6.45) is 8.79. The molecule has 2 aromatic rings. The van der Waals surface area contributed by atoms with Crippen molar-refractivity contribution in [2.75, 3.05) is 18.4 Å². The van der Waals surface area contributed by atoms with Gasteiger partial charge in [0.1, 0.15) is 4.21 Å². The second-order valence-corrected chi connectivity index (χ2v) is 11.2. The molecule has 1 saturated carbocycles. The zero-order chi connectivity index (χ0) is 20.3. The van der Waals surface area contributed by atoms with Crippen LogP contribution < -0.4 is 5.32 Å². The molecule has 1 atom stereocenters. The van der Waals surface area contributed by atoms with E-state index in [0.29, 0.717) is 35.3 Å². The van der Waals surface area contributed by atoms with E-state index < -0.39 is 10.0 Å². The first kappa shape index (κ1) is 20.6. The lowest BCUT2D eigenvalue weighted by Gasteiger charge is -2.30. The van der Waals surface area contributed by atoms with Crippen LogP contribution in [0.2, 0.25) is 0 Å². The van der Waals surface area contributed by atoms with Crippen LogP contribution in [0.3, 0.4) is 0 Å². The number of hydrogen-bond donors (Lipinski definition) is 2. The minimum absolute atomic E-state index is 0.160. The first-order valence-electron chi connectivity index (χ1n) is 10.4. The SMILES string of the molecule is O=C(Nc1cc(CC2CCCCC2)[nH]n1)C1CCCN(S(=O)(=O)c2cccs2)C1. The molecule has 0 radical (unpaired) electrons. The van der Waals surface area contributed by atoms with Gasteiger partial charge in [-0.3, -0.25) is 9.89 Å². The van der Waals surface area contributed by atoms with Gasteiger partial charge < -0.3 is 5.32 Å². The molecule has 3 heterocycles. The summed E-state index contributed by atoms with van der Waals surface area (Å²) in [6, 6.07) is 5.25. The molecule has 4 rings (SSSR count). The van der Waals surface area contributed by atoms with Crippen LogP contribution in [-0.4, -0.2) is 41.9 Å². The number of piperidine rings is 1. The predicted octanol–water partition coefficient (Wildman–Crippen LogP) is 3.63. The fraction of sp³-hybridized carbons (Fsp3) is 0.600. The molecule has 1 saturated heterocycles. The molecule has 2 aliphatic rings. The number of hydrogen-bond acceptors (Lipinski definition) is 5. The molecule has 1 aliphatic heterocycles. The van der Waals surface area contributed by atoms with Crippen molar-refractivity contribution >= 4 is 33.1 Å². The van der Waals surface area contributed by atoms with Crippen LogP contribution in [-0.2, 0) is 21.2 Å². The van der Waals surface area contributed by atoms with Crippen LogP contribution in [0.5, 0.6) is 0 Å². The quantitative estimate of drug-likeness (QED) is 0.723. The predicted molar refractivity (Wildman–Crippen MR) is 113 cm³/mol. The highest BCUT2D eigenvalue weighted by atomic mass is 32.2. The Morgan fingerprint density at radius 1 is 1.24 bits per heavy atom. The molecule has 0 bridgehead atoms. The number of carbonyl (C=O) groups is 1. The van der Waals surface area contributed by atoms with Crippen LogP contribution in [0.15, 0.2) is 27.8 Å². The van der Waals surface area contributed by atoms with E-state index in [0.717, 1.165) is 12.1 Å². The van der Waals surface area contributed by atoms with Crippen molar-refractivity contribution in [3.05, 3.63) is 29.3 Å². The van der Waals surface area contributed by atoms with Gasteiger partial charge in [-0.1, -0.05) is 38.2 Å². The molecule has 0 spiro atoms. The second-order valence-electron chi connectivity index (χ2n) is 8.11. The Kier molecular flexibility index (Phi) is 6.36. The van der Waals surface area contributed by atoms with Gasteiger partial charge in [0.05, 0.1) is 5.92 Å². The first-order chi connectivity index (χ1) is 14.0. The Morgan fingerprint density at radius 2 is 2.07 bits per heavy atom. The first-order valence-corrected chi connectivity index (χ1v) is 12.7. The lowest BCUT2D eigenvalue weighted by atomic mass is 9.86. The molecule has 2 fully saturated rings. The maximum absolute atomic E-state index is 12.8. The molecule has 0 aromatic carbocycles. The summed E-state index contributed by atoms with van der Waals surface area (Å²) >= 11 is 1.21. The third-order valence-corrected chi connectivity index (χ3v) is 9.20. The Hall–Kier alpha value is -1.71. The molecular formula is C20H28N4O3S2. The molecule has 7 nitrogen and oxygen atoms in total. The van der Waals surface area contributed by atoms with Crippen LogP contribution >= 0.6 is 11.3 Å². The van der Waals surface area contributed by atoms with E-state index in [2.05, 4.69) is 15.5 Å². The summed E-state index contributed by atoms with van der Waals surface area (Å²) in [7, 11) is -3.52. The highest BCUT2D eigenvalue weighted by Gasteiger charge is 2.34. The number of nitrogens with one attached hydrogen (secondary N) is 2. The smallest absolute Gasteiger partial charge is 0.252 e. The van der Waals surface area contributed by atoms with Gasteiger partial charge in [0, 0.05) is 24.8 Å². The highest BCUT2D eigenvalue weighted by Crippen LogP contribution is 2.28. The van der Waals surface area contributed by atoms with Crippen molar-refractivity contribution in [1.82, 2.24) is 14.5 Å². The standard InChI is InChI=1S/C20H28N4O3S2/c25-20(21-18-13-17(22-23-18)12-15-6-2-1-3-7-15)16-8-4-10-24(14-16)29(26,27)19-9-5-11-28-19/h5,9,11,13,15-16H,1-4,6-8,10,12,14H2,(H2,21,22,23,25). The number of H-pyrrole nitrogens is 1. The lowest BCUT2D eigenvalue weighted by molar-refractivity contribution is -0.120. The third-order valence-electron chi connectivity index (χ3n) is 5.96.